The summed E-state index contributed by atoms with van der Waals surface area (Å²) in [5.41, 5.74) is 0.653. The Morgan fingerprint density at radius 3 is 2.71 bits per heavy atom. The maximum absolute atomic E-state index is 13.2. The lowest BCUT2D eigenvalue weighted by atomic mass is 10.1. The van der Waals surface area contributed by atoms with Gasteiger partial charge in [0, 0.05) is 10.9 Å². The number of rotatable bonds is 4. The fourth-order valence-corrected chi connectivity index (χ4v) is 1.36. The summed E-state index contributed by atoms with van der Waals surface area (Å²) >= 11 is 11.1. The minimum atomic E-state index is -0.256. The largest absolute Gasteiger partial charge is 0.207 e. The zero-order valence-corrected chi connectivity index (χ0v) is 9.15. The summed E-state index contributed by atoms with van der Waals surface area (Å²) < 4.78 is 13.2. The van der Waals surface area contributed by atoms with Crippen molar-refractivity contribution in [3.8, 4) is 0 Å². The van der Waals surface area contributed by atoms with Gasteiger partial charge in [-0.25, -0.2) is 4.39 Å². The predicted molar refractivity (Wildman–Crippen MR) is 59.6 cm³/mol. The standard InChI is InChI=1S/C11H11Cl2F/c12-7-3-1-2-4-9-5-6-10(13)8-11(9)14/h1-2,5-6,8H,3-4,7H2/b2-1+. The van der Waals surface area contributed by atoms with Crippen LogP contribution >= 0.6 is 23.2 Å². The van der Waals surface area contributed by atoms with Crippen molar-refractivity contribution in [3.63, 3.8) is 0 Å². The highest BCUT2D eigenvalue weighted by molar-refractivity contribution is 6.30. The molecule has 0 aliphatic rings. The van der Waals surface area contributed by atoms with Crippen LogP contribution < -0.4 is 0 Å². The summed E-state index contributed by atoms with van der Waals surface area (Å²) in [6.45, 7) is 0. The first-order valence-electron chi connectivity index (χ1n) is 4.39. The van der Waals surface area contributed by atoms with Gasteiger partial charge in [-0.2, -0.15) is 0 Å². The molecule has 0 bridgehead atoms. The Balaban J connectivity index is 2.59. The van der Waals surface area contributed by atoms with Crippen LogP contribution in [0, 0.1) is 5.82 Å². The molecule has 0 amide bonds. The van der Waals surface area contributed by atoms with Crippen molar-refractivity contribution in [1.29, 1.82) is 0 Å². The summed E-state index contributed by atoms with van der Waals surface area (Å²) in [5, 5.41) is 0.427. The van der Waals surface area contributed by atoms with E-state index >= 15 is 0 Å². The van der Waals surface area contributed by atoms with E-state index < -0.39 is 0 Å². The van der Waals surface area contributed by atoms with Crippen molar-refractivity contribution in [2.45, 2.75) is 12.8 Å². The number of benzene rings is 1. The summed E-state index contributed by atoms with van der Waals surface area (Å²) in [7, 11) is 0. The highest BCUT2D eigenvalue weighted by atomic mass is 35.5. The average molecular weight is 233 g/mol. The molecule has 0 atom stereocenters. The second kappa shape index (κ2) is 6.05. The second-order valence-corrected chi connectivity index (χ2v) is 3.70. The third-order valence-electron chi connectivity index (χ3n) is 1.80. The van der Waals surface area contributed by atoms with Crippen molar-refractivity contribution in [3.05, 3.63) is 46.8 Å². The van der Waals surface area contributed by atoms with Crippen molar-refractivity contribution < 1.29 is 4.39 Å². The van der Waals surface area contributed by atoms with E-state index in [2.05, 4.69) is 0 Å². The first-order chi connectivity index (χ1) is 6.74. The third kappa shape index (κ3) is 3.69. The third-order valence-corrected chi connectivity index (χ3v) is 2.25. The van der Waals surface area contributed by atoms with Gasteiger partial charge in [-0.05, 0) is 30.5 Å². The normalized spacial score (nSPS) is 11.1. The van der Waals surface area contributed by atoms with Crippen LogP contribution in [0.3, 0.4) is 0 Å². The molecule has 0 spiro atoms. The Hall–Kier alpha value is -0.530. The Morgan fingerprint density at radius 2 is 2.07 bits per heavy atom. The Labute approximate surface area is 93.3 Å². The number of hydrogen-bond donors (Lipinski definition) is 0. The minimum absolute atomic E-state index is 0.256. The fraction of sp³-hybridized carbons (Fsp3) is 0.273. The number of hydrogen-bond acceptors (Lipinski definition) is 0. The van der Waals surface area contributed by atoms with Crippen LogP contribution in [-0.4, -0.2) is 5.88 Å². The zero-order chi connectivity index (χ0) is 10.4. The summed E-state index contributed by atoms with van der Waals surface area (Å²) in [6, 6.07) is 4.71. The van der Waals surface area contributed by atoms with Gasteiger partial charge in [0.2, 0.25) is 0 Å². The molecule has 0 aromatic heterocycles. The first-order valence-corrected chi connectivity index (χ1v) is 5.30. The zero-order valence-electron chi connectivity index (χ0n) is 7.64. The molecule has 0 saturated carbocycles. The number of alkyl halides is 1. The lowest BCUT2D eigenvalue weighted by Crippen LogP contribution is -1.87. The molecule has 76 valence electrons. The lowest BCUT2D eigenvalue weighted by molar-refractivity contribution is 0.615. The average Bonchev–Trinajstić information content (AvgIpc) is 2.15. The van der Waals surface area contributed by atoms with Crippen LogP contribution in [0.4, 0.5) is 4.39 Å². The molecule has 0 N–H and O–H groups in total. The molecule has 0 aliphatic heterocycles. The Kier molecular flexibility index (Phi) is 4.99. The van der Waals surface area contributed by atoms with Gasteiger partial charge in [-0.1, -0.05) is 29.8 Å². The van der Waals surface area contributed by atoms with Gasteiger partial charge in [-0.3, -0.25) is 0 Å². The van der Waals surface area contributed by atoms with E-state index in [0.717, 1.165) is 6.42 Å². The molecule has 1 aromatic carbocycles. The second-order valence-electron chi connectivity index (χ2n) is 2.89. The minimum Gasteiger partial charge on any atom is -0.207 e. The first kappa shape index (κ1) is 11.5. The van der Waals surface area contributed by atoms with Crippen LogP contribution in [-0.2, 0) is 6.42 Å². The van der Waals surface area contributed by atoms with Crippen LogP contribution in [0.1, 0.15) is 12.0 Å². The van der Waals surface area contributed by atoms with Crippen LogP contribution in [0.2, 0.25) is 5.02 Å². The molecule has 0 radical (unpaired) electrons. The van der Waals surface area contributed by atoms with Crippen molar-refractivity contribution >= 4 is 23.2 Å². The summed E-state index contributed by atoms with van der Waals surface area (Å²) in [5.74, 6) is 0.340. The lowest BCUT2D eigenvalue weighted by Gasteiger charge is -1.99. The van der Waals surface area contributed by atoms with Gasteiger partial charge in [-0.15, -0.1) is 11.6 Å². The van der Waals surface area contributed by atoms with E-state index in [-0.39, 0.29) is 5.82 Å². The highest BCUT2D eigenvalue weighted by Gasteiger charge is 1.99. The van der Waals surface area contributed by atoms with E-state index in [4.69, 9.17) is 23.2 Å². The van der Waals surface area contributed by atoms with E-state index in [0.29, 0.717) is 22.9 Å². The molecular weight excluding hydrogens is 222 g/mol. The van der Waals surface area contributed by atoms with E-state index in [1.807, 2.05) is 12.2 Å². The van der Waals surface area contributed by atoms with Gasteiger partial charge >= 0.3 is 0 Å². The van der Waals surface area contributed by atoms with E-state index in [9.17, 15) is 4.39 Å². The maximum Gasteiger partial charge on any atom is 0.128 e. The molecule has 1 aromatic rings. The van der Waals surface area contributed by atoms with Crippen molar-refractivity contribution in [2.24, 2.45) is 0 Å². The predicted octanol–water partition coefficient (Wildman–Crippen LogP) is 4.21. The van der Waals surface area contributed by atoms with Gasteiger partial charge in [0.05, 0.1) is 0 Å². The molecule has 14 heavy (non-hydrogen) atoms. The SMILES string of the molecule is Fc1cc(Cl)ccc1C/C=C/CCCl. The maximum atomic E-state index is 13.2. The molecule has 0 unspecified atom stereocenters. The molecule has 0 fully saturated rings. The van der Waals surface area contributed by atoms with Crippen LogP contribution in [0.15, 0.2) is 30.4 Å². The van der Waals surface area contributed by atoms with Gasteiger partial charge in [0.1, 0.15) is 5.82 Å². The number of allylic oxidation sites excluding steroid dienone is 2. The van der Waals surface area contributed by atoms with Crippen LogP contribution in [0.25, 0.3) is 0 Å². The molecule has 0 nitrogen and oxygen atoms in total. The Bertz CT molecular complexity index is 321. The summed E-state index contributed by atoms with van der Waals surface area (Å²) in [6.07, 6.45) is 5.26. The van der Waals surface area contributed by atoms with Gasteiger partial charge < -0.3 is 0 Å². The van der Waals surface area contributed by atoms with Gasteiger partial charge in [0.15, 0.2) is 0 Å². The van der Waals surface area contributed by atoms with Crippen LogP contribution in [0.5, 0.6) is 0 Å². The molecule has 3 heteroatoms. The van der Waals surface area contributed by atoms with Gasteiger partial charge in [0.25, 0.3) is 0 Å². The van der Waals surface area contributed by atoms with Crippen molar-refractivity contribution in [1.82, 2.24) is 0 Å². The molecule has 0 aliphatic carbocycles. The summed E-state index contributed by atoms with van der Waals surface area (Å²) in [4.78, 5) is 0. The highest BCUT2D eigenvalue weighted by Crippen LogP contribution is 2.15. The number of halogens is 3. The van der Waals surface area contributed by atoms with Crippen molar-refractivity contribution in [2.75, 3.05) is 5.88 Å². The fourth-order valence-electron chi connectivity index (χ4n) is 1.08. The Morgan fingerprint density at radius 1 is 1.29 bits per heavy atom. The smallest absolute Gasteiger partial charge is 0.128 e. The topological polar surface area (TPSA) is 0 Å². The molecule has 0 saturated heterocycles. The van der Waals surface area contributed by atoms with E-state index in [1.165, 1.54) is 6.07 Å². The quantitative estimate of drug-likeness (QED) is 0.539. The molecular formula is C11H11Cl2F. The van der Waals surface area contributed by atoms with E-state index in [1.54, 1.807) is 12.1 Å². The molecule has 0 heterocycles. The monoisotopic (exact) mass is 232 g/mol. The molecule has 1 rings (SSSR count).